The lowest BCUT2D eigenvalue weighted by Crippen LogP contribution is -2.16. The highest BCUT2D eigenvalue weighted by Gasteiger charge is 2.20. The van der Waals surface area contributed by atoms with Crippen LogP contribution < -0.4 is 5.32 Å². The zero-order valence-electron chi connectivity index (χ0n) is 12.4. The molecule has 108 valence electrons. The minimum Gasteiger partial charge on any atom is -0.310 e. The van der Waals surface area contributed by atoms with Crippen LogP contribution in [0.25, 0.3) is 0 Å². The van der Waals surface area contributed by atoms with Gasteiger partial charge in [0.05, 0.1) is 0 Å². The predicted molar refractivity (Wildman–Crippen MR) is 85.7 cm³/mol. The highest BCUT2D eigenvalue weighted by molar-refractivity contribution is 5.31. The Kier molecular flexibility index (Phi) is 3.50. The highest BCUT2D eigenvalue weighted by atomic mass is 15.1. The van der Waals surface area contributed by atoms with Crippen LogP contribution in [0.1, 0.15) is 35.1 Å². The summed E-state index contributed by atoms with van der Waals surface area (Å²) in [5.74, 6) is 0. The number of rotatable bonds is 5. The summed E-state index contributed by atoms with van der Waals surface area (Å²) in [7, 11) is 0. The van der Waals surface area contributed by atoms with E-state index in [2.05, 4.69) is 58.7 Å². The number of hydrogen-bond acceptors (Lipinski definition) is 2. The summed E-state index contributed by atoms with van der Waals surface area (Å²) in [6.45, 7) is 4.23. The third kappa shape index (κ3) is 3.17. The molecule has 1 aliphatic carbocycles. The minimum atomic E-state index is 0.785. The van der Waals surface area contributed by atoms with Crippen LogP contribution in [0, 0.1) is 0 Å². The van der Waals surface area contributed by atoms with Crippen molar-refractivity contribution >= 4 is 0 Å². The smallest absolute Gasteiger partial charge is 0.0244 e. The molecule has 1 aliphatic heterocycles. The van der Waals surface area contributed by atoms with Gasteiger partial charge in [0, 0.05) is 32.2 Å². The van der Waals surface area contributed by atoms with E-state index in [0.29, 0.717) is 0 Å². The monoisotopic (exact) mass is 278 g/mol. The summed E-state index contributed by atoms with van der Waals surface area (Å²) in [4.78, 5) is 2.52. The Labute approximate surface area is 126 Å². The predicted octanol–water partition coefficient (Wildman–Crippen LogP) is 3.45. The molecule has 0 saturated heterocycles. The Balaban J connectivity index is 1.35. The standard InChI is InChI=1S/C19H22N2/c1-2-4-18-14-21(13-17(18)3-1)12-16-7-5-15(6-8-16)11-20-19-9-10-19/h1-8,19-20H,9-14H2. The van der Waals surface area contributed by atoms with Crippen molar-refractivity contribution in [3.05, 3.63) is 70.8 Å². The molecule has 21 heavy (non-hydrogen) atoms. The average Bonchev–Trinajstić information content (AvgIpc) is 3.25. The van der Waals surface area contributed by atoms with Gasteiger partial charge in [-0.25, -0.2) is 0 Å². The van der Waals surface area contributed by atoms with Gasteiger partial charge in [-0.1, -0.05) is 48.5 Å². The van der Waals surface area contributed by atoms with Gasteiger partial charge in [-0.2, -0.15) is 0 Å². The molecule has 0 unspecified atom stereocenters. The van der Waals surface area contributed by atoms with Crippen molar-refractivity contribution in [1.82, 2.24) is 10.2 Å². The summed E-state index contributed by atoms with van der Waals surface area (Å²) in [6.07, 6.45) is 2.71. The minimum absolute atomic E-state index is 0.785. The lowest BCUT2D eigenvalue weighted by atomic mass is 10.1. The zero-order valence-corrected chi connectivity index (χ0v) is 12.4. The second-order valence-corrected chi connectivity index (χ2v) is 6.39. The fourth-order valence-corrected chi connectivity index (χ4v) is 3.09. The first-order chi connectivity index (χ1) is 10.4. The van der Waals surface area contributed by atoms with Gasteiger partial charge in [0.15, 0.2) is 0 Å². The van der Waals surface area contributed by atoms with E-state index in [1.807, 2.05) is 0 Å². The molecular weight excluding hydrogens is 256 g/mol. The van der Waals surface area contributed by atoms with E-state index in [4.69, 9.17) is 0 Å². The van der Waals surface area contributed by atoms with Crippen LogP contribution >= 0.6 is 0 Å². The average molecular weight is 278 g/mol. The molecule has 2 aliphatic rings. The van der Waals surface area contributed by atoms with Crippen molar-refractivity contribution < 1.29 is 0 Å². The largest absolute Gasteiger partial charge is 0.310 e. The van der Waals surface area contributed by atoms with Crippen molar-refractivity contribution in [2.24, 2.45) is 0 Å². The molecule has 0 amide bonds. The van der Waals surface area contributed by atoms with Gasteiger partial charge >= 0.3 is 0 Å². The van der Waals surface area contributed by atoms with E-state index in [0.717, 1.165) is 32.2 Å². The molecule has 2 aromatic carbocycles. The Hall–Kier alpha value is -1.64. The van der Waals surface area contributed by atoms with E-state index < -0.39 is 0 Å². The van der Waals surface area contributed by atoms with E-state index in [-0.39, 0.29) is 0 Å². The van der Waals surface area contributed by atoms with Crippen LogP contribution in [0.3, 0.4) is 0 Å². The third-order valence-electron chi connectivity index (χ3n) is 4.51. The molecule has 4 rings (SSSR count). The fraction of sp³-hybridized carbons (Fsp3) is 0.368. The van der Waals surface area contributed by atoms with Gasteiger partial charge in [-0.3, -0.25) is 4.90 Å². The topological polar surface area (TPSA) is 15.3 Å². The molecule has 0 atom stereocenters. The summed E-state index contributed by atoms with van der Waals surface area (Å²) in [5, 5.41) is 3.57. The molecule has 1 saturated carbocycles. The van der Waals surface area contributed by atoms with Gasteiger partial charge in [0.25, 0.3) is 0 Å². The maximum atomic E-state index is 3.57. The summed E-state index contributed by atoms with van der Waals surface area (Å²) in [5.41, 5.74) is 5.79. The Morgan fingerprint density at radius 2 is 1.48 bits per heavy atom. The van der Waals surface area contributed by atoms with Gasteiger partial charge in [0.1, 0.15) is 0 Å². The molecule has 1 heterocycles. The van der Waals surface area contributed by atoms with Crippen molar-refractivity contribution in [2.75, 3.05) is 0 Å². The first-order valence-corrected chi connectivity index (χ1v) is 7.97. The zero-order chi connectivity index (χ0) is 14.1. The fourth-order valence-electron chi connectivity index (χ4n) is 3.09. The first kappa shape index (κ1) is 13.1. The molecule has 2 heteroatoms. The van der Waals surface area contributed by atoms with E-state index in [1.54, 1.807) is 0 Å². The van der Waals surface area contributed by atoms with E-state index in [9.17, 15) is 0 Å². The summed E-state index contributed by atoms with van der Waals surface area (Å²) < 4.78 is 0. The maximum Gasteiger partial charge on any atom is 0.0244 e. The van der Waals surface area contributed by atoms with E-state index >= 15 is 0 Å². The van der Waals surface area contributed by atoms with E-state index in [1.165, 1.54) is 35.1 Å². The summed E-state index contributed by atoms with van der Waals surface area (Å²) >= 11 is 0. The van der Waals surface area contributed by atoms with Crippen molar-refractivity contribution in [3.63, 3.8) is 0 Å². The second kappa shape index (κ2) is 5.63. The molecule has 1 N–H and O–H groups in total. The molecule has 0 aromatic heterocycles. The number of benzene rings is 2. The maximum absolute atomic E-state index is 3.57. The first-order valence-electron chi connectivity index (χ1n) is 7.97. The number of fused-ring (bicyclic) bond motifs is 1. The Bertz CT molecular complexity index is 589. The number of nitrogens with zero attached hydrogens (tertiary/aromatic N) is 1. The third-order valence-corrected chi connectivity index (χ3v) is 4.51. The van der Waals surface area contributed by atoms with Crippen LogP contribution in [-0.2, 0) is 26.2 Å². The Morgan fingerprint density at radius 3 is 2.10 bits per heavy atom. The van der Waals surface area contributed by atoms with Crippen LogP contribution in [0.15, 0.2) is 48.5 Å². The van der Waals surface area contributed by atoms with Crippen molar-refractivity contribution in [3.8, 4) is 0 Å². The molecule has 0 spiro atoms. The highest BCUT2D eigenvalue weighted by Crippen LogP contribution is 2.24. The van der Waals surface area contributed by atoms with Crippen LogP contribution in [0.4, 0.5) is 0 Å². The van der Waals surface area contributed by atoms with Gasteiger partial charge < -0.3 is 5.32 Å². The SMILES string of the molecule is c1ccc2c(c1)CN(Cc1ccc(CNC3CC3)cc1)C2. The Morgan fingerprint density at radius 1 is 0.857 bits per heavy atom. The van der Waals surface area contributed by atoms with Crippen molar-refractivity contribution in [2.45, 2.75) is 45.1 Å². The van der Waals surface area contributed by atoms with Gasteiger partial charge in [-0.15, -0.1) is 0 Å². The molecule has 2 aromatic rings. The lowest BCUT2D eigenvalue weighted by molar-refractivity contribution is 0.275. The van der Waals surface area contributed by atoms with Crippen LogP contribution in [0.2, 0.25) is 0 Å². The second-order valence-electron chi connectivity index (χ2n) is 6.39. The molecule has 2 nitrogen and oxygen atoms in total. The normalized spacial score (nSPS) is 17.9. The molecule has 0 bridgehead atoms. The number of nitrogens with one attached hydrogen (secondary N) is 1. The lowest BCUT2D eigenvalue weighted by Gasteiger charge is -2.15. The number of hydrogen-bond donors (Lipinski definition) is 1. The van der Waals surface area contributed by atoms with Crippen LogP contribution in [-0.4, -0.2) is 10.9 Å². The van der Waals surface area contributed by atoms with Gasteiger partial charge in [-0.05, 0) is 35.1 Å². The van der Waals surface area contributed by atoms with Crippen molar-refractivity contribution in [1.29, 1.82) is 0 Å². The van der Waals surface area contributed by atoms with Crippen LogP contribution in [0.5, 0.6) is 0 Å². The summed E-state index contributed by atoms with van der Waals surface area (Å²) in [6, 6.07) is 18.7. The molecular formula is C19H22N2. The van der Waals surface area contributed by atoms with Gasteiger partial charge in [0.2, 0.25) is 0 Å². The molecule has 0 radical (unpaired) electrons. The quantitative estimate of drug-likeness (QED) is 0.901. The molecule has 1 fully saturated rings.